The number of ether oxygens (including phenoxy) is 1. The quantitative estimate of drug-likeness (QED) is 0.263. The minimum Gasteiger partial charge on any atom is -0.498 e. The molecule has 4 aromatic rings. The van der Waals surface area contributed by atoms with Crippen molar-refractivity contribution in [2.45, 2.75) is 64.4 Å². The number of nitrogens with zero attached hydrogens (tertiary/aromatic N) is 2. The maximum Gasteiger partial charge on any atom is 2.00 e. The van der Waals surface area contributed by atoms with Crippen molar-refractivity contribution in [2.24, 2.45) is 0 Å². The van der Waals surface area contributed by atoms with Crippen molar-refractivity contribution < 1.29 is 35.0 Å². The third kappa shape index (κ3) is 5.80. The molecule has 0 fully saturated rings. The van der Waals surface area contributed by atoms with Gasteiger partial charge in [-0.25, -0.2) is 13.1 Å². The summed E-state index contributed by atoms with van der Waals surface area (Å²) in [5.74, 6) is 1.04. The molecule has 0 unspecified atom stereocenters. The van der Waals surface area contributed by atoms with E-state index in [1.54, 1.807) is 38.1 Å². The summed E-state index contributed by atoms with van der Waals surface area (Å²) in [5.41, 5.74) is 6.91. The van der Waals surface area contributed by atoms with E-state index in [-0.39, 0.29) is 28.1 Å². The summed E-state index contributed by atoms with van der Waals surface area (Å²) in [6.45, 7) is 6.03. The molecule has 2 aromatic carbocycles. The molecule has 1 aliphatic carbocycles. The van der Waals surface area contributed by atoms with Crippen LogP contribution >= 0.6 is 0 Å². The Hall–Kier alpha value is -3.12. The summed E-state index contributed by atoms with van der Waals surface area (Å²) in [7, 11) is -3.91. The van der Waals surface area contributed by atoms with Crippen LogP contribution in [0.25, 0.3) is 11.1 Å². The predicted octanol–water partition coefficient (Wildman–Crippen LogP) is 5.97. The van der Waals surface area contributed by atoms with Crippen LogP contribution in [-0.4, -0.2) is 18.6 Å². The Kier molecular flexibility index (Phi) is 8.61. The van der Waals surface area contributed by atoms with Crippen molar-refractivity contribution in [1.82, 2.24) is 10.1 Å². The number of anilines is 1. The van der Waals surface area contributed by atoms with E-state index < -0.39 is 10.0 Å². The Morgan fingerprint density at radius 3 is 2.61 bits per heavy atom. The van der Waals surface area contributed by atoms with Crippen LogP contribution in [0.3, 0.4) is 0 Å². The average Bonchev–Trinajstić information content (AvgIpc) is 3.23. The fraction of sp³-hybridized carbons (Fsp3) is 0.310. The van der Waals surface area contributed by atoms with Gasteiger partial charge >= 0.3 is 17.4 Å². The molecule has 0 saturated carbocycles. The molecule has 0 radical (unpaired) electrons. The van der Waals surface area contributed by atoms with Gasteiger partial charge in [0.05, 0.1) is 17.2 Å². The number of nitrogens with one attached hydrogen (secondary N) is 1. The topological polar surface area (TPSA) is 94.3 Å². The zero-order valence-electron chi connectivity index (χ0n) is 21.7. The summed E-state index contributed by atoms with van der Waals surface area (Å²) < 4.78 is 40.4. The van der Waals surface area contributed by atoms with Crippen LogP contribution < -0.4 is 9.46 Å². The fourth-order valence-electron chi connectivity index (χ4n) is 4.52. The van der Waals surface area contributed by atoms with Gasteiger partial charge in [0.15, 0.2) is 0 Å². The Morgan fingerprint density at radius 1 is 1.11 bits per heavy atom. The Balaban J connectivity index is 0.00000336. The molecule has 5 rings (SSSR count). The van der Waals surface area contributed by atoms with Crippen LogP contribution in [0, 0.1) is 19.9 Å². The van der Waals surface area contributed by atoms with Crippen LogP contribution in [0.1, 0.15) is 53.5 Å². The average molecular weight is 569 g/mol. The molecule has 7 nitrogen and oxygen atoms in total. The molecule has 196 valence electrons. The van der Waals surface area contributed by atoms with Gasteiger partial charge in [0.1, 0.15) is 5.75 Å². The van der Waals surface area contributed by atoms with Gasteiger partial charge in [-0.1, -0.05) is 47.5 Å². The van der Waals surface area contributed by atoms with Gasteiger partial charge in [-0.05, 0) is 46.0 Å². The maximum absolute atomic E-state index is 13.2. The molecule has 2 heterocycles. The first-order valence-corrected chi connectivity index (χ1v) is 14.0. The Labute approximate surface area is 234 Å². The Bertz CT molecular complexity index is 1530. The molecule has 0 aliphatic heterocycles. The Morgan fingerprint density at radius 2 is 1.89 bits per heavy atom. The van der Waals surface area contributed by atoms with Crippen LogP contribution in [-0.2, 0) is 53.3 Å². The molecule has 2 aromatic heterocycles. The first-order valence-electron chi connectivity index (χ1n) is 12.6. The smallest absolute Gasteiger partial charge is 0.498 e. The van der Waals surface area contributed by atoms with E-state index in [0.29, 0.717) is 29.0 Å². The summed E-state index contributed by atoms with van der Waals surface area (Å²) in [5, 5.41) is 3.83. The number of aryl methyl sites for hydroxylation is 3. The normalized spacial score (nSPS) is 12.9. The molecule has 0 saturated heterocycles. The number of rotatable bonds is 8. The van der Waals surface area contributed by atoms with Crippen LogP contribution in [0.2, 0.25) is 0 Å². The van der Waals surface area contributed by atoms with E-state index in [9.17, 15) is 8.42 Å². The zero-order valence-corrected chi connectivity index (χ0v) is 23.8. The molecule has 9 heteroatoms. The van der Waals surface area contributed by atoms with Crippen molar-refractivity contribution in [2.75, 3.05) is 4.72 Å². The van der Waals surface area contributed by atoms with Crippen LogP contribution in [0.5, 0.6) is 5.75 Å². The number of aromatic nitrogens is 2. The van der Waals surface area contributed by atoms with Gasteiger partial charge < -0.3 is 9.26 Å². The van der Waals surface area contributed by atoms with E-state index in [2.05, 4.69) is 28.9 Å². The van der Waals surface area contributed by atoms with E-state index >= 15 is 0 Å². The third-order valence-electron chi connectivity index (χ3n) is 6.80. The van der Waals surface area contributed by atoms with Gasteiger partial charge in [-0.2, -0.15) is 0 Å². The molecule has 0 amide bonds. The SMILES string of the molecule is CCc1cc(OCc2c[c-]c(-c3ccccc3S(=O)(=O)Nc3onc(C)c3C)cc2)c2c(n1)CCCC2.[Cr+2]. The van der Waals surface area contributed by atoms with Crippen molar-refractivity contribution in [3.63, 3.8) is 0 Å². The van der Waals surface area contributed by atoms with E-state index in [1.807, 2.05) is 18.2 Å². The van der Waals surface area contributed by atoms with Crippen molar-refractivity contribution in [1.29, 1.82) is 0 Å². The second-order valence-corrected chi connectivity index (χ2v) is 11.0. The van der Waals surface area contributed by atoms with Crippen molar-refractivity contribution in [3.05, 3.63) is 88.4 Å². The number of hydrogen-bond donors (Lipinski definition) is 1. The van der Waals surface area contributed by atoms with Crippen LogP contribution in [0.4, 0.5) is 5.88 Å². The molecule has 0 atom stereocenters. The fourth-order valence-corrected chi connectivity index (χ4v) is 5.79. The number of pyridine rings is 1. The van der Waals surface area contributed by atoms with E-state index in [4.69, 9.17) is 14.2 Å². The summed E-state index contributed by atoms with van der Waals surface area (Å²) in [4.78, 5) is 4.94. The molecule has 0 bridgehead atoms. The number of fused-ring (bicyclic) bond motifs is 1. The standard InChI is InChI=1S/C29H30N3O4S.Cr/c1-4-23-17-27(25-10-5-7-11-26(25)30-23)35-18-21-13-15-22(16-14-21)24-9-6-8-12-28(24)37(33,34)32-29-19(2)20(3)31-36-29;/h6,8-9,12-15,17,32H,4-5,7,10-11,18H2,1-3H3;/q-1;+2. The minimum absolute atomic E-state index is 0. The van der Waals surface area contributed by atoms with Gasteiger partial charge in [0, 0.05) is 28.6 Å². The second kappa shape index (κ2) is 11.7. The van der Waals surface area contributed by atoms with Gasteiger partial charge in [-0.15, -0.1) is 29.8 Å². The van der Waals surface area contributed by atoms with Gasteiger partial charge in [0.2, 0.25) is 5.88 Å². The van der Waals surface area contributed by atoms with Crippen LogP contribution in [0.15, 0.2) is 57.9 Å². The van der Waals surface area contributed by atoms with Gasteiger partial charge in [-0.3, -0.25) is 4.98 Å². The molecular weight excluding hydrogens is 538 g/mol. The monoisotopic (exact) mass is 568 g/mol. The molecule has 38 heavy (non-hydrogen) atoms. The minimum atomic E-state index is -3.91. The summed E-state index contributed by atoms with van der Waals surface area (Å²) in [6, 6.07) is 17.8. The molecule has 1 aliphatic rings. The number of sulfonamides is 1. The molecular formula is C29H30CrN3O4S+. The van der Waals surface area contributed by atoms with Gasteiger partial charge in [0.25, 0.3) is 10.0 Å². The van der Waals surface area contributed by atoms with Crippen molar-refractivity contribution >= 4 is 15.9 Å². The first-order chi connectivity index (χ1) is 17.9. The predicted molar refractivity (Wildman–Crippen MR) is 142 cm³/mol. The van der Waals surface area contributed by atoms with Crippen molar-refractivity contribution in [3.8, 4) is 16.9 Å². The third-order valence-corrected chi connectivity index (χ3v) is 8.19. The van der Waals surface area contributed by atoms with E-state index in [1.165, 1.54) is 17.7 Å². The number of benzene rings is 2. The first kappa shape index (κ1) is 27.9. The maximum atomic E-state index is 13.2. The number of hydrogen-bond acceptors (Lipinski definition) is 6. The molecule has 1 N–H and O–H groups in total. The van der Waals surface area contributed by atoms with E-state index in [0.717, 1.165) is 42.7 Å². The largest absolute Gasteiger partial charge is 2.00 e. The molecule has 0 spiro atoms. The zero-order chi connectivity index (χ0) is 26.0. The summed E-state index contributed by atoms with van der Waals surface area (Å²) >= 11 is 0. The summed E-state index contributed by atoms with van der Waals surface area (Å²) in [6.07, 6.45) is 5.21. The second-order valence-electron chi connectivity index (χ2n) is 9.32.